The second kappa shape index (κ2) is 5.88. The molecule has 0 spiro atoms. The average molecular weight is 357 g/mol. The summed E-state index contributed by atoms with van der Waals surface area (Å²) in [5.74, 6) is 0.251. The second-order valence-electron chi connectivity index (χ2n) is 1.44. The van der Waals surface area contributed by atoms with Crippen LogP contribution in [0.1, 0.15) is 6.42 Å². The van der Waals surface area contributed by atoms with Crippen molar-refractivity contribution in [2.45, 2.75) is 6.42 Å². The van der Waals surface area contributed by atoms with Gasteiger partial charge < -0.3 is 4.55 Å². The third kappa shape index (κ3) is 6.03. The van der Waals surface area contributed by atoms with Gasteiger partial charge in [0.25, 0.3) is 0 Å². The fourth-order valence-corrected chi connectivity index (χ4v) is 1.51. The van der Waals surface area contributed by atoms with Gasteiger partial charge in [-0.05, 0) is 38.3 Å². The lowest BCUT2D eigenvalue weighted by molar-refractivity contribution is 0.564. The smallest absolute Gasteiger partial charge is 0.153 e. The highest BCUT2D eigenvalue weighted by atomic mass is 79.9. The molecule has 0 aliphatic carbocycles. The van der Waals surface area contributed by atoms with Crippen LogP contribution >= 0.6 is 47.8 Å². The van der Waals surface area contributed by atoms with Crippen LogP contribution in [-0.2, 0) is 11.1 Å². The zero-order valence-corrected chi connectivity index (χ0v) is 10.4. The SMILES string of the molecule is O=S(O)CCC(Br)=C(Br)Br. The first-order valence-electron chi connectivity index (χ1n) is 2.31. The molecule has 1 atom stereocenters. The van der Waals surface area contributed by atoms with Gasteiger partial charge in [0.05, 0.1) is 9.14 Å². The zero-order valence-electron chi connectivity index (χ0n) is 4.81. The molecule has 0 aliphatic heterocycles. The maximum atomic E-state index is 10.2. The largest absolute Gasteiger partial charge is 0.306 e. The summed E-state index contributed by atoms with van der Waals surface area (Å²) < 4.78 is 20.2. The predicted molar refractivity (Wildman–Crippen MR) is 54.1 cm³/mol. The lowest BCUT2D eigenvalue weighted by Gasteiger charge is -1.95. The molecule has 0 radical (unpaired) electrons. The van der Waals surface area contributed by atoms with E-state index < -0.39 is 11.1 Å². The van der Waals surface area contributed by atoms with E-state index in [9.17, 15) is 4.21 Å². The van der Waals surface area contributed by atoms with Gasteiger partial charge in [0.1, 0.15) is 0 Å². The highest BCUT2D eigenvalue weighted by molar-refractivity contribution is 9.29. The minimum Gasteiger partial charge on any atom is -0.306 e. The van der Waals surface area contributed by atoms with E-state index >= 15 is 0 Å². The Kier molecular flexibility index (Phi) is 6.64. The van der Waals surface area contributed by atoms with Crippen LogP contribution in [0, 0.1) is 0 Å². The van der Waals surface area contributed by atoms with Crippen LogP contribution < -0.4 is 0 Å². The Bertz CT molecular complexity index is 164. The van der Waals surface area contributed by atoms with Crippen molar-refractivity contribution in [3.8, 4) is 0 Å². The second-order valence-corrected chi connectivity index (χ2v) is 6.10. The molecule has 1 unspecified atom stereocenters. The summed E-state index contributed by atoms with van der Waals surface area (Å²) in [5, 5.41) is 0. The minimum absolute atomic E-state index is 0.251. The molecule has 0 heterocycles. The van der Waals surface area contributed by atoms with Crippen molar-refractivity contribution in [2.75, 3.05) is 5.75 Å². The molecule has 0 rings (SSSR count). The van der Waals surface area contributed by atoms with Crippen molar-refractivity contribution in [3.63, 3.8) is 0 Å². The molecule has 0 aromatic rings. The van der Waals surface area contributed by atoms with Gasteiger partial charge in [-0.3, -0.25) is 0 Å². The van der Waals surface area contributed by atoms with E-state index in [0.717, 1.165) is 7.87 Å². The van der Waals surface area contributed by atoms with Gasteiger partial charge in [-0.15, -0.1) is 0 Å². The number of hydrogen-bond donors (Lipinski definition) is 1. The summed E-state index contributed by atoms with van der Waals surface area (Å²) in [6.07, 6.45) is 0.551. The van der Waals surface area contributed by atoms with E-state index in [2.05, 4.69) is 47.8 Å². The minimum atomic E-state index is -1.71. The third-order valence-electron chi connectivity index (χ3n) is 0.701. The molecular weight excluding hydrogens is 352 g/mol. The molecule has 0 amide bonds. The van der Waals surface area contributed by atoms with Crippen LogP contribution in [0.3, 0.4) is 0 Å². The average Bonchev–Trinajstić information content (AvgIpc) is 1.82. The van der Waals surface area contributed by atoms with E-state index in [0.29, 0.717) is 6.42 Å². The van der Waals surface area contributed by atoms with E-state index in [1.807, 2.05) is 0 Å². The standard InChI is InChI=1S/C4H5Br3O2S/c5-3(4(6)7)1-2-10(8)9/h1-2H2,(H,8,9). The Morgan fingerprint density at radius 1 is 1.40 bits per heavy atom. The molecule has 10 heavy (non-hydrogen) atoms. The normalized spacial score (nSPS) is 12.8. The fraction of sp³-hybridized carbons (Fsp3) is 0.500. The van der Waals surface area contributed by atoms with Crippen molar-refractivity contribution >= 4 is 58.9 Å². The van der Waals surface area contributed by atoms with Crippen LogP contribution in [0.15, 0.2) is 7.87 Å². The van der Waals surface area contributed by atoms with Gasteiger partial charge in [0.15, 0.2) is 11.1 Å². The summed E-state index contributed by atoms with van der Waals surface area (Å²) in [7, 11) is 0. The molecule has 2 nitrogen and oxygen atoms in total. The van der Waals surface area contributed by atoms with Crippen molar-refractivity contribution < 1.29 is 8.76 Å². The first-order chi connectivity index (χ1) is 4.54. The van der Waals surface area contributed by atoms with Crippen molar-refractivity contribution in [3.05, 3.63) is 7.87 Å². The predicted octanol–water partition coefficient (Wildman–Crippen LogP) is 2.95. The van der Waals surface area contributed by atoms with Crippen molar-refractivity contribution in [1.29, 1.82) is 0 Å². The highest BCUT2D eigenvalue weighted by Gasteiger charge is 1.99. The molecule has 6 heteroatoms. The fourth-order valence-electron chi connectivity index (χ4n) is 0.271. The molecule has 0 bridgehead atoms. The van der Waals surface area contributed by atoms with Crippen LogP contribution in [0.4, 0.5) is 0 Å². The highest BCUT2D eigenvalue weighted by Crippen LogP contribution is 2.25. The monoisotopic (exact) mass is 354 g/mol. The van der Waals surface area contributed by atoms with E-state index in [-0.39, 0.29) is 5.75 Å². The van der Waals surface area contributed by atoms with Crippen LogP contribution in [0.5, 0.6) is 0 Å². The summed E-state index contributed by atoms with van der Waals surface area (Å²) >= 11 is 7.82. The molecule has 0 saturated carbocycles. The summed E-state index contributed by atoms with van der Waals surface area (Å²) in [4.78, 5) is 0. The van der Waals surface area contributed by atoms with Gasteiger partial charge in [-0.25, -0.2) is 4.21 Å². The number of halogens is 3. The maximum Gasteiger partial charge on any atom is 0.153 e. The van der Waals surface area contributed by atoms with Crippen LogP contribution in [0.2, 0.25) is 0 Å². The molecular formula is C4H5Br3O2S. The molecule has 60 valence electrons. The lowest BCUT2D eigenvalue weighted by atomic mass is 10.5. The Hall–Kier alpha value is 1.29. The summed E-state index contributed by atoms with van der Waals surface area (Å²) in [5.41, 5.74) is 0. The third-order valence-corrected chi connectivity index (χ3v) is 4.07. The van der Waals surface area contributed by atoms with Gasteiger partial charge in [-0.2, -0.15) is 0 Å². The number of hydrogen-bond acceptors (Lipinski definition) is 1. The maximum absolute atomic E-state index is 10.2. The Balaban J connectivity index is 3.71. The topological polar surface area (TPSA) is 37.3 Å². The summed E-state index contributed by atoms with van der Waals surface area (Å²) in [6.45, 7) is 0. The first kappa shape index (κ1) is 11.3. The Labute approximate surface area is 87.1 Å². The van der Waals surface area contributed by atoms with E-state index in [4.69, 9.17) is 4.55 Å². The van der Waals surface area contributed by atoms with Gasteiger partial charge in [-0.1, -0.05) is 15.9 Å². The van der Waals surface area contributed by atoms with Gasteiger partial charge in [0.2, 0.25) is 0 Å². The Morgan fingerprint density at radius 3 is 2.20 bits per heavy atom. The van der Waals surface area contributed by atoms with Gasteiger partial charge in [0, 0.05) is 4.48 Å². The summed E-state index contributed by atoms with van der Waals surface area (Å²) in [6, 6.07) is 0. The molecule has 0 aromatic carbocycles. The number of rotatable bonds is 3. The molecule has 0 aliphatic rings. The first-order valence-corrected chi connectivity index (χ1v) is 5.96. The molecule has 0 saturated heterocycles. The van der Waals surface area contributed by atoms with Crippen molar-refractivity contribution in [1.82, 2.24) is 0 Å². The quantitative estimate of drug-likeness (QED) is 0.789. The Morgan fingerprint density at radius 2 is 1.90 bits per heavy atom. The lowest BCUT2D eigenvalue weighted by Crippen LogP contribution is -1.93. The van der Waals surface area contributed by atoms with E-state index in [1.54, 1.807) is 0 Å². The molecule has 0 aromatic heterocycles. The van der Waals surface area contributed by atoms with Crippen LogP contribution in [-0.4, -0.2) is 14.5 Å². The van der Waals surface area contributed by atoms with E-state index in [1.165, 1.54) is 0 Å². The van der Waals surface area contributed by atoms with Crippen LogP contribution in [0.25, 0.3) is 0 Å². The molecule has 1 N–H and O–H groups in total. The molecule has 0 fully saturated rings. The van der Waals surface area contributed by atoms with Gasteiger partial charge >= 0.3 is 0 Å². The number of allylic oxidation sites excluding steroid dienone is 1. The van der Waals surface area contributed by atoms with Crippen molar-refractivity contribution in [2.24, 2.45) is 0 Å². The zero-order chi connectivity index (χ0) is 8.15.